The molecular weight excluding hydrogens is 184 g/mol. The van der Waals surface area contributed by atoms with Crippen molar-refractivity contribution in [1.29, 1.82) is 0 Å². The van der Waals surface area contributed by atoms with Crippen LogP contribution in [0.4, 0.5) is 0 Å². The molecular formula is C13H16N2. The maximum Gasteiger partial charge on any atom is 0.116 e. The first-order valence-corrected chi connectivity index (χ1v) is 5.31. The molecule has 0 aliphatic rings. The summed E-state index contributed by atoms with van der Waals surface area (Å²) in [6, 6.07) is 4.33. The molecule has 1 heterocycles. The van der Waals surface area contributed by atoms with Crippen LogP contribution in [-0.4, -0.2) is 9.97 Å². The largest absolute Gasteiger partial charge is 0.240 e. The molecule has 0 unspecified atom stereocenters. The van der Waals surface area contributed by atoms with Gasteiger partial charge in [-0.25, -0.2) is 9.97 Å². The van der Waals surface area contributed by atoms with E-state index in [4.69, 9.17) is 0 Å². The van der Waals surface area contributed by atoms with Crippen molar-refractivity contribution in [1.82, 2.24) is 9.97 Å². The fourth-order valence-corrected chi connectivity index (χ4v) is 1.80. The first-order valence-electron chi connectivity index (χ1n) is 5.31. The summed E-state index contributed by atoms with van der Waals surface area (Å²) in [5.74, 6) is 0.442. The Hall–Kier alpha value is -1.44. The van der Waals surface area contributed by atoms with Gasteiger partial charge in [-0.3, -0.25) is 0 Å². The van der Waals surface area contributed by atoms with Crippen LogP contribution in [0.1, 0.15) is 36.6 Å². The molecule has 2 rings (SSSR count). The molecule has 2 heteroatoms. The van der Waals surface area contributed by atoms with Crippen LogP contribution < -0.4 is 0 Å². The molecule has 2 aromatic rings. The molecule has 0 radical (unpaired) electrons. The molecule has 0 saturated carbocycles. The van der Waals surface area contributed by atoms with Crippen LogP contribution in [-0.2, 0) is 0 Å². The fourth-order valence-electron chi connectivity index (χ4n) is 1.80. The van der Waals surface area contributed by atoms with Gasteiger partial charge in [-0.1, -0.05) is 13.8 Å². The van der Waals surface area contributed by atoms with Crippen LogP contribution in [0.15, 0.2) is 18.5 Å². The Labute approximate surface area is 90.4 Å². The van der Waals surface area contributed by atoms with Crippen molar-refractivity contribution in [3.8, 4) is 0 Å². The van der Waals surface area contributed by atoms with Gasteiger partial charge in [-0.2, -0.15) is 0 Å². The highest BCUT2D eigenvalue weighted by atomic mass is 14.8. The van der Waals surface area contributed by atoms with E-state index in [2.05, 4.69) is 49.8 Å². The smallest absolute Gasteiger partial charge is 0.116 e. The van der Waals surface area contributed by atoms with Crippen LogP contribution >= 0.6 is 0 Å². The van der Waals surface area contributed by atoms with Gasteiger partial charge in [0.25, 0.3) is 0 Å². The fraction of sp³-hybridized carbons (Fsp3) is 0.385. The van der Waals surface area contributed by atoms with Crippen molar-refractivity contribution >= 4 is 10.9 Å². The second-order valence-corrected chi connectivity index (χ2v) is 4.37. The SMILES string of the molecule is Cc1cc2ncnc(C(C)C)c2cc1C. The van der Waals surface area contributed by atoms with Gasteiger partial charge in [0.2, 0.25) is 0 Å². The minimum absolute atomic E-state index is 0.442. The highest BCUT2D eigenvalue weighted by Gasteiger charge is 2.08. The third-order valence-corrected chi connectivity index (χ3v) is 2.83. The number of aryl methyl sites for hydroxylation is 2. The summed E-state index contributed by atoms with van der Waals surface area (Å²) in [5.41, 5.74) is 4.79. The zero-order valence-corrected chi connectivity index (χ0v) is 9.70. The first kappa shape index (κ1) is 10.1. The van der Waals surface area contributed by atoms with Gasteiger partial charge in [0.15, 0.2) is 0 Å². The van der Waals surface area contributed by atoms with Gasteiger partial charge in [0.1, 0.15) is 6.33 Å². The molecule has 0 bridgehead atoms. The molecule has 0 atom stereocenters. The van der Waals surface area contributed by atoms with Crippen molar-refractivity contribution in [2.24, 2.45) is 0 Å². The minimum Gasteiger partial charge on any atom is -0.240 e. The topological polar surface area (TPSA) is 25.8 Å². The lowest BCUT2D eigenvalue weighted by molar-refractivity contribution is 0.828. The Morgan fingerprint density at radius 3 is 2.33 bits per heavy atom. The first-order chi connectivity index (χ1) is 7.09. The van der Waals surface area contributed by atoms with E-state index in [0.717, 1.165) is 11.2 Å². The van der Waals surface area contributed by atoms with E-state index >= 15 is 0 Å². The quantitative estimate of drug-likeness (QED) is 0.705. The molecule has 0 fully saturated rings. The molecule has 1 aromatic carbocycles. The molecule has 15 heavy (non-hydrogen) atoms. The van der Waals surface area contributed by atoms with E-state index in [-0.39, 0.29) is 0 Å². The summed E-state index contributed by atoms with van der Waals surface area (Å²) in [4.78, 5) is 8.68. The number of aromatic nitrogens is 2. The van der Waals surface area contributed by atoms with Crippen LogP contribution in [0.25, 0.3) is 10.9 Å². The van der Waals surface area contributed by atoms with Crippen LogP contribution in [0.3, 0.4) is 0 Å². The second kappa shape index (κ2) is 3.61. The number of benzene rings is 1. The highest BCUT2D eigenvalue weighted by Crippen LogP contribution is 2.24. The summed E-state index contributed by atoms with van der Waals surface area (Å²) in [7, 11) is 0. The Morgan fingerprint density at radius 2 is 1.67 bits per heavy atom. The number of fused-ring (bicyclic) bond motifs is 1. The predicted molar refractivity (Wildman–Crippen MR) is 63.1 cm³/mol. The predicted octanol–water partition coefficient (Wildman–Crippen LogP) is 3.37. The lowest BCUT2D eigenvalue weighted by Gasteiger charge is -2.09. The van der Waals surface area contributed by atoms with E-state index in [1.165, 1.54) is 16.5 Å². The van der Waals surface area contributed by atoms with Crippen molar-refractivity contribution in [3.63, 3.8) is 0 Å². The molecule has 0 aliphatic heterocycles. The second-order valence-electron chi connectivity index (χ2n) is 4.37. The van der Waals surface area contributed by atoms with Crippen LogP contribution in [0, 0.1) is 13.8 Å². The molecule has 0 amide bonds. The lowest BCUT2D eigenvalue weighted by atomic mass is 10.0. The maximum atomic E-state index is 4.37. The number of rotatable bonds is 1. The Morgan fingerprint density at radius 1 is 1.00 bits per heavy atom. The van der Waals surface area contributed by atoms with E-state index in [1.54, 1.807) is 6.33 Å². The highest BCUT2D eigenvalue weighted by molar-refractivity contribution is 5.82. The average Bonchev–Trinajstić information content (AvgIpc) is 2.18. The van der Waals surface area contributed by atoms with Gasteiger partial charge in [0.05, 0.1) is 11.2 Å². The van der Waals surface area contributed by atoms with E-state index in [1.807, 2.05) is 0 Å². The zero-order chi connectivity index (χ0) is 11.0. The summed E-state index contributed by atoms with van der Waals surface area (Å²) < 4.78 is 0. The number of nitrogens with zero attached hydrogens (tertiary/aromatic N) is 2. The lowest BCUT2D eigenvalue weighted by Crippen LogP contribution is -1.96. The summed E-state index contributed by atoms with van der Waals surface area (Å²) in [5, 5.41) is 1.19. The van der Waals surface area contributed by atoms with Crippen molar-refractivity contribution < 1.29 is 0 Å². The molecule has 0 N–H and O–H groups in total. The number of hydrogen-bond acceptors (Lipinski definition) is 2. The maximum absolute atomic E-state index is 4.37. The van der Waals surface area contributed by atoms with Gasteiger partial charge in [-0.15, -0.1) is 0 Å². The molecule has 0 spiro atoms. The van der Waals surface area contributed by atoms with Gasteiger partial charge < -0.3 is 0 Å². The van der Waals surface area contributed by atoms with Crippen molar-refractivity contribution in [3.05, 3.63) is 35.3 Å². The third kappa shape index (κ3) is 1.72. The monoisotopic (exact) mass is 200 g/mol. The minimum atomic E-state index is 0.442. The molecule has 0 aliphatic carbocycles. The van der Waals surface area contributed by atoms with E-state index in [9.17, 15) is 0 Å². The van der Waals surface area contributed by atoms with Gasteiger partial charge in [-0.05, 0) is 43.0 Å². The zero-order valence-electron chi connectivity index (χ0n) is 9.70. The van der Waals surface area contributed by atoms with Gasteiger partial charge >= 0.3 is 0 Å². The molecule has 2 nitrogen and oxygen atoms in total. The van der Waals surface area contributed by atoms with Crippen molar-refractivity contribution in [2.75, 3.05) is 0 Å². The van der Waals surface area contributed by atoms with Gasteiger partial charge in [0, 0.05) is 5.39 Å². The summed E-state index contributed by atoms with van der Waals surface area (Å²) in [6.07, 6.45) is 1.66. The normalized spacial score (nSPS) is 11.3. The Kier molecular flexibility index (Phi) is 2.43. The van der Waals surface area contributed by atoms with Crippen LogP contribution in [0.5, 0.6) is 0 Å². The van der Waals surface area contributed by atoms with Crippen molar-refractivity contribution in [2.45, 2.75) is 33.6 Å². The Balaban J connectivity index is 2.80. The van der Waals surface area contributed by atoms with E-state index in [0.29, 0.717) is 5.92 Å². The Bertz CT molecular complexity index is 501. The van der Waals surface area contributed by atoms with E-state index < -0.39 is 0 Å². The average molecular weight is 200 g/mol. The number of hydrogen-bond donors (Lipinski definition) is 0. The third-order valence-electron chi connectivity index (χ3n) is 2.83. The summed E-state index contributed by atoms with van der Waals surface area (Å²) in [6.45, 7) is 8.58. The van der Waals surface area contributed by atoms with Crippen LogP contribution in [0.2, 0.25) is 0 Å². The standard InChI is InChI=1S/C13H16N2/c1-8(2)13-11-5-9(3)10(4)6-12(11)14-7-15-13/h5-8H,1-4H3. The summed E-state index contributed by atoms with van der Waals surface area (Å²) >= 11 is 0. The molecule has 78 valence electrons. The molecule has 1 aromatic heterocycles. The molecule has 0 saturated heterocycles.